The third-order valence-electron chi connectivity index (χ3n) is 2.86. The van der Waals surface area contributed by atoms with E-state index in [9.17, 15) is 12.8 Å². The smallest absolute Gasteiger partial charge is 0.240 e. The lowest BCUT2D eigenvalue weighted by molar-refractivity contribution is 0.571. The molecule has 0 spiro atoms. The van der Waals surface area contributed by atoms with Gasteiger partial charge in [-0.15, -0.1) is 0 Å². The molecule has 0 aromatic heterocycles. The van der Waals surface area contributed by atoms with Gasteiger partial charge in [-0.1, -0.05) is 12.5 Å². The van der Waals surface area contributed by atoms with E-state index in [0.29, 0.717) is 12.1 Å². The summed E-state index contributed by atoms with van der Waals surface area (Å²) >= 11 is 1.77. The molecule has 0 fully saturated rings. The van der Waals surface area contributed by atoms with Crippen molar-refractivity contribution in [1.29, 1.82) is 0 Å². The highest BCUT2D eigenvalue weighted by Gasteiger charge is 2.18. The Hall–Kier alpha value is -0.630. The van der Waals surface area contributed by atoms with Gasteiger partial charge in [0, 0.05) is 13.1 Å². The van der Waals surface area contributed by atoms with Gasteiger partial charge >= 0.3 is 0 Å². The van der Waals surface area contributed by atoms with Crippen molar-refractivity contribution in [1.82, 2.24) is 4.72 Å². The van der Waals surface area contributed by atoms with Gasteiger partial charge in [-0.25, -0.2) is 17.5 Å². The van der Waals surface area contributed by atoms with Gasteiger partial charge in [0.05, 0.1) is 4.90 Å². The van der Waals surface area contributed by atoms with Crippen LogP contribution in [0.4, 0.5) is 4.39 Å². The van der Waals surface area contributed by atoms with Crippen LogP contribution in [0.5, 0.6) is 0 Å². The summed E-state index contributed by atoms with van der Waals surface area (Å²) < 4.78 is 39.9. The first kappa shape index (κ1) is 17.4. The number of benzene rings is 1. The highest BCUT2D eigenvalue weighted by atomic mass is 32.2. The molecule has 1 rings (SSSR count). The zero-order chi connectivity index (χ0) is 15.0. The summed E-state index contributed by atoms with van der Waals surface area (Å²) in [6, 6.07) is 3.63. The third kappa shape index (κ3) is 5.40. The fraction of sp³-hybridized carbons (Fsp3) is 0.538. The van der Waals surface area contributed by atoms with Crippen LogP contribution in [0, 0.1) is 5.82 Å². The maximum absolute atomic E-state index is 13.2. The first-order chi connectivity index (χ1) is 9.51. The van der Waals surface area contributed by atoms with Crippen LogP contribution in [-0.2, 0) is 16.6 Å². The van der Waals surface area contributed by atoms with Crippen molar-refractivity contribution in [3.8, 4) is 0 Å². The number of rotatable bonds is 9. The summed E-state index contributed by atoms with van der Waals surface area (Å²) in [5.41, 5.74) is 5.91. The van der Waals surface area contributed by atoms with Crippen LogP contribution in [0.25, 0.3) is 0 Å². The van der Waals surface area contributed by atoms with E-state index in [0.717, 1.165) is 31.1 Å². The van der Waals surface area contributed by atoms with Gasteiger partial charge < -0.3 is 5.73 Å². The van der Waals surface area contributed by atoms with Crippen LogP contribution in [0.15, 0.2) is 23.1 Å². The molecule has 0 aliphatic rings. The maximum atomic E-state index is 13.2. The van der Waals surface area contributed by atoms with E-state index in [-0.39, 0.29) is 11.4 Å². The molecule has 0 aliphatic heterocycles. The van der Waals surface area contributed by atoms with E-state index >= 15 is 0 Å². The second-order valence-corrected chi connectivity index (χ2v) is 7.13. The largest absolute Gasteiger partial charge is 0.326 e. The molecule has 20 heavy (non-hydrogen) atoms. The Morgan fingerprint density at radius 3 is 2.70 bits per heavy atom. The molecule has 0 aliphatic carbocycles. The fourth-order valence-electron chi connectivity index (χ4n) is 1.78. The van der Waals surface area contributed by atoms with Crippen LogP contribution in [0.2, 0.25) is 0 Å². The van der Waals surface area contributed by atoms with Crippen molar-refractivity contribution >= 4 is 21.8 Å². The monoisotopic (exact) mass is 320 g/mol. The van der Waals surface area contributed by atoms with Crippen LogP contribution in [-0.4, -0.2) is 27.0 Å². The molecule has 1 aromatic carbocycles. The van der Waals surface area contributed by atoms with Crippen LogP contribution < -0.4 is 10.5 Å². The highest BCUT2D eigenvalue weighted by molar-refractivity contribution is 7.98. The molecule has 0 amide bonds. The van der Waals surface area contributed by atoms with Gasteiger partial charge in [-0.2, -0.15) is 11.8 Å². The van der Waals surface area contributed by atoms with Crippen molar-refractivity contribution in [3.63, 3.8) is 0 Å². The molecule has 7 heteroatoms. The van der Waals surface area contributed by atoms with Gasteiger partial charge in [0.25, 0.3) is 0 Å². The lowest BCUT2D eigenvalue weighted by Gasteiger charge is -2.10. The van der Waals surface area contributed by atoms with E-state index in [1.807, 2.05) is 6.26 Å². The van der Waals surface area contributed by atoms with Gasteiger partial charge in [-0.05, 0) is 42.5 Å². The molecule has 1 aromatic rings. The van der Waals surface area contributed by atoms with E-state index in [1.54, 1.807) is 11.8 Å². The van der Waals surface area contributed by atoms with Crippen LogP contribution in [0.1, 0.15) is 24.8 Å². The highest BCUT2D eigenvalue weighted by Crippen LogP contribution is 2.17. The summed E-state index contributed by atoms with van der Waals surface area (Å²) in [5.74, 6) is 0.496. The van der Waals surface area contributed by atoms with Gasteiger partial charge in [0.2, 0.25) is 10.0 Å². The number of nitrogens with one attached hydrogen (secondary N) is 1. The average Bonchev–Trinajstić information content (AvgIpc) is 2.42. The summed E-state index contributed by atoms with van der Waals surface area (Å²) in [5, 5.41) is 0. The predicted molar refractivity (Wildman–Crippen MR) is 81.7 cm³/mol. The maximum Gasteiger partial charge on any atom is 0.240 e. The van der Waals surface area contributed by atoms with Crippen LogP contribution in [0.3, 0.4) is 0 Å². The lowest BCUT2D eigenvalue weighted by Crippen LogP contribution is -2.26. The molecule has 0 radical (unpaired) electrons. The van der Waals surface area contributed by atoms with E-state index < -0.39 is 15.8 Å². The minimum absolute atomic E-state index is 0.0598. The van der Waals surface area contributed by atoms with Crippen molar-refractivity contribution in [2.24, 2.45) is 5.73 Å². The number of unbranched alkanes of at least 4 members (excludes halogenated alkanes) is 2. The number of hydrogen-bond acceptors (Lipinski definition) is 4. The number of halogens is 1. The average molecular weight is 320 g/mol. The third-order valence-corrected chi connectivity index (χ3v) is 5.10. The molecule has 0 unspecified atom stereocenters. The molecule has 114 valence electrons. The molecular formula is C13H21FN2O2S2. The van der Waals surface area contributed by atoms with E-state index in [1.165, 1.54) is 12.1 Å². The summed E-state index contributed by atoms with van der Waals surface area (Å²) in [7, 11) is -3.69. The minimum atomic E-state index is -3.69. The van der Waals surface area contributed by atoms with Gasteiger partial charge in [-0.3, -0.25) is 0 Å². The number of hydrogen-bond donors (Lipinski definition) is 2. The summed E-state index contributed by atoms with van der Waals surface area (Å²) in [4.78, 5) is -0.0656. The number of nitrogens with two attached hydrogens (primary N) is 1. The summed E-state index contributed by atoms with van der Waals surface area (Å²) in [6.45, 7) is 0.418. The van der Waals surface area contributed by atoms with Crippen molar-refractivity contribution in [2.75, 3.05) is 18.6 Å². The zero-order valence-corrected chi connectivity index (χ0v) is 13.2. The number of sulfonamides is 1. The van der Waals surface area contributed by atoms with Gasteiger partial charge in [0.15, 0.2) is 0 Å². The standard InChI is InChI=1S/C13H21FN2O2S2/c1-19-8-4-2-3-7-16-20(17,18)13-9-12(14)6-5-11(13)10-15/h5-6,9,16H,2-4,7-8,10,15H2,1H3. The molecule has 0 heterocycles. The zero-order valence-electron chi connectivity index (χ0n) is 11.6. The van der Waals surface area contributed by atoms with Crippen molar-refractivity contribution < 1.29 is 12.8 Å². The van der Waals surface area contributed by atoms with E-state index in [2.05, 4.69) is 4.72 Å². The molecular weight excluding hydrogens is 299 g/mol. The van der Waals surface area contributed by atoms with Crippen molar-refractivity contribution in [3.05, 3.63) is 29.6 Å². The SMILES string of the molecule is CSCCCCCNS(=O)(=O)c1cc(F)ccc1CN. The Morgan fingerprint density at radius 1 is 1.30 bits per heavy atom. The van der Waals surface area contributed by atoms with E-state index in [4.69, 9.17) is 5.73 Å². The Kier molecular flexibility index (Phi) is 7.50. The Bertz CT molecular complexity index is 521. The second kappa shape index (κ2) is 8.61. The second-order valence-electron chi connectivity index (χ2n) is 4.41. The molecule has 0 atom stereocenters. The number of thioether (sulfide) groups is 1. The van der Waals surface area contributed by atoms with Crippen LogP contribution >= 0.6 is 11.8 Å². The lowest BCUT2D eigenvalue weighted by atomic mass is 10.2. The molecule has 0 bridgehead atoms. The quantitative estimate of drug-likeness (QED) is 0.684. The predicted octanol–water partition coefficient (Wildman–Crippen LogP) is 2.10. The van der Waals surface area contributed by atoms with Gasteiger partial charge in [0.1, 0.15) is 5.82 Å². The van der Waals surface area contributed by atoms with Crippen molar-refractivity contribution in [2.45, 2.75) is 30.7 Å². The fourth-order valence-corrected chi connectivity index (χ4v) is 3.61. The molecule has 0 saturated carbocycles. The Labute approximate surface area is 124 Å². The Balaban J connectivity index is 2.62. The molecule has 0 saturated heterocycles. The normalized spacial score (nSPS) is 11.8. The topological polar surface area (TPSA) is 72.2 Å². The molecule has 4 nitrogen and oxygen atoms in total. The Morgan fingerprint density at radius 2 is 2.05 bits per heavy atom. The first-order valence-corrected chi connectivity index (χ1v) is 9.36. The molecule has 3 N–H and O–H groups in total. The first-order valence-electron chi connectivity index (χ1n) is 6.48. The summed E-state index contributed by atoms with van der Waals surface area (Å²) in [6.07, 6.45) is 4.85. The minimum Gasteiger partial charge on any atom is -0.326 e.